The molecular weight excluding hydrogens is 561 g/mol. The molecule has 0 atom stereocenters. The summed E-state index contributed by atoms with van der Waals surface area (Å²) in [5, 5.41) is 3.34. The lowest BCUT2D eigenvalue weighted by Crippen LogP contribution is -2.52. The van der Waals surface area contributed by atoms with Crippen molar-refractivity contribution in [2.75, 3.05) is 19.0 Å². The summed E-state index contributed by atoms with van der Waals surface area (Å²) in [5.41, 5.74) is -1.39. The Hall–Kier alpha value is -1.80. The van der Waals surface area contributed by atoms with Crippen LogP contribution < -0.4 is 0 Å². The number of rotatable bonds is 6. The van der Waals surface area contributed by atoms with Gasteiger partial charge in [0.15, 0.2) is 20.3 Å². The number of sulfone groups is 2. The molecule has 1 saturated heterocycles. The second-order valence-electron chi connectivity index (χ2n) is 10.3. The van der Waals surface area contributed by atoms with Crippen LogP contribution in [-0.4, -0.2) is 63.7 Å². The third kappa shape index (κ3) is 8.60. The Morgan fingerprint density at radius 1 is 0.865 bits per heavy atom. The molecule has 1 aliphatic rings. The zero-order valence-corrected chi connectivity index (χ0v) is 25.1. The first kappa shape index (κ1) is 31.4. The number of hydrogen-bond donors (Lipinski definition) is 0. The summed E-state index contributed by atoms with van der Waals surface area (Å²) in [6.07, 6.45) is 0.254. The summed E-state index contributed by atoms with van der Waals surface area (Å²) in [6, 6.07) is 6.30. The fourth-order valence-corrected chi connectivity index (χ4v) is 8.69. The van der Waals surface area contributed by atoms with Crippen molar-refractivity contribution >= 4 is 54.3 Å². The lowest BCUT2D eigenvalue weighted by Gasteiger charge is -2.36. The number of esters is 2. The summed E-state index contributed by atoms with van der Waals surface area (Å²) in [4.78, 5) is 24.0. The Labute approximate surface area is 227 Å². The van der Waals surface area contributed by atoms with Crippen LogP contribution in [-0.2, 0) is 43.5 Å². The Kier molecular flexibility index (Phi) is 10.1. The molecule has 0 aromatic carbocycles. The zero-order valence-electron chi connectivity index (χ0n) is 21.8. The third-order valence-corrected chi connectivity index (χ3v) is 11.8. The smallest absolute Gasteiger partial charge is 0.328 e. The highest BCUT2D eigenvalue weighted by Gasteiger charge is 2.54. The van der Waals surface area contributed by atoms with Crippen molar-refractivity contribution in [1.29, 1.82) is 0 Å². The highest BCUT2D eigenvalue weighted by atomic mass is 32.2. The van der Waals surface area contributed by atoms with Crippen LogP contribution in [0, 0.1) is 0 Å². The summed E-state index contributed by atoms with van der Waals surface area (Å²) in [6.45, 7) is 10.8. The Morgan fingerprint density at radius 3 is 1.78 bits per heavy atom. The van der Waals surface area contributed by atoms with Crippen LogP contribution in [0.1, 0.15) is 54.4 Å². The zero-order chi connectivity index (χ0) is 28.1. The molecular formula is C24H34O9S4. The van der Waals surface area contributed by atoms with E-state index in [1.165, 1.54) is 12.1 Å². The maximum absolute atomic E-state index is 13.0. The molecule has 3 rings (SSSR count). The minimum Gasteiger partial charge on any atom is -0.459 e. The molecule has 9 nitrogen and oxygen atoms in total. The molecule has 1 fully saturated rings. The van der Waals surface area contributed by atoms with Gasteiger partial charge in [0.25, 0.3) is 0 Å². The molecule has 0 radical (unpaired) electrons. The number of carbonyl (C=O) groups is 2. The molecule has 13 heteroatoms. The minimum atomic E-state index is -3.79. The lowest BCUT2D eigenvalue weighted by molar-refractivity contribution is -0.161. The number of carbonyl (C=O) groups excluding carboxylic acids is 2. The quantitative estimate of drug-likeness (QED) is 0.450. The van der Waals surface area contributed by atoms with E-state index >= 15 is 0 Å². The van der Waals surface area contributed by atoms with Crippen molar-refractivity contribution in [3.63, 3.8) is 0 Å². The van der Waals surface area contributed by atoms with Crippen molar-refractivity contribution in [3.8, 4) is 0 Å². The predicted molar refractivity (Wildman–Crippen MR) is 142 cm³/mol. The Bertz CT molecular complexity index is 1240. The minimum absolute atomic E-state index is 0.127. The Balaban J connectivity index is 0.000000271. The molecule has 1 aliphatic heterocycles. The van der Waals surface area contributed by atoms with Crippen molar-refractivity contribution in [2.24, 2.45) is 0 Å². The Morgan fingerprint density at radius 2 is 1.35 bits per heavy atom. The fourth-order valence-electron chi connectivity index (χ4n) is 3.30. The topological polar surface area (TPSA) is 130 Å². The van der Waals surface area contributed by atoms with Crippen LogP contribution in [0.15, 0.2) is 43.4 Å². The van der Waals surface area contributed by atoms with E-state index in [0.717, 1.165) is 22.7 Å². The van der Waals surface area contributed by atoms with Gasteiger partial charge in [0.2, 0.25) is 9.84 Å². The summed E-state index contributed by atoms with van der Waals surface area (Å²) < 4.78 is 63.8. The van der Waals surface area contributed by atoms with E-state index in [9.17, 15) is 26.4 Å². The van der Waals surface area contributed by atoms with Crippen molar-refractivity contribution < 1.29 is 40.6 Å². The number of hydrogen-bond acceptors (Lipinski definition) is 11. The largest absolute Gasteiger partial charge is 0.459 e. The second kappa shape index (κ2) is 11.9. The average molecular weight is 595 g/mol. The number of thiophene rings is 2. The molecule has 37 heavy (non-hydrogen) atoms. The van der Waals surface area contributed by atoms with E-state index in [2.05, 4.69) is 0 Å². The maximum atomic E-state index is 13.0. The van der Waals surface area contributed by atoms with Crippen molar-refractivity contribution in [2.45, 2.75) is 78.8 Å². The van der Waals surface area contributed by atoms with Crippen LogP contribution in [0.2, 0.25) is 0 Å². The van der Waals surface area contributed by atoms with Crippen molar-refractivity contribution in [1.82, 2.24) is 0 Å². The summed E-state index contributed by atoms with van der Waals surface area (Å²) in [5.74, 6) is -2.00. The van der Waals surface area contributed by atoms with E-state index in [1.807, 2.05) is 0 Å². The molecule has 0 N–H and O–H groups in total. The van der Waals surface area contributed by atoms with Gasteiger partial charge in [0, 0.05) is 26.1 Å². The van der Waals surface area contributed by atoms with Crippen molar-refractivity contribution in [3.05, 3.63) is 35.0 Å². The van der Waals surface area contributed by atoms with Crippen LogP contribution in [0.3, 0.4) is 0 Å². The second-order valence-corrected chi connectivity index (χ2v) is 16.9. The van der Waals surface area contributed by atoms with E-state index in [4.69, 9.17) is 14.2 Å². The first-order valence-electron chi connectivity index (χ1n) is 11.5. The summed E-state index contributed by atoms with van der Waals surface area (Å²) >= 11 is 2.21. The van der Waals surface area contributed by atoms with E-state index < -0.39 is 53.3 Å². The molecule has 0 spiro atoms. The summed E-state index contributed by atoms with van der Waals surface area (Å²) in [7, 11) is -7.33. The molecule has 0 bridgehead atoms. The van der Waals surface area contributed by atoms with Crippen LogP contribution in [0.25, 0.3) is 0 Å². The van der Waals surface area contributed by atoms with Crippen LogP contribution >= 0.6 is 22.7 Å². The first-order valence-corrected chi connectivity index (χ1v) is 16.4. The highest BCUT2D eigenvalue weighted by Crippen LogP contribution is 2.38. The third-order valence-electron chi connectivity index (χ3n) is 4.88. The van der Waals surface area contributed by atoms with Gasteiger partial charge < -0.3 is 14.2 Å². The van der Waals surface area contributed by atoms with Gasteiger partial charge in [0.1, 0.15) is 19.6 Å². The van der Waals surface area contributed by atoms with E-state index in [1.54, 1.807) is 64.4 Å². The van der Waals surface area contributed by atoms with E-state index in [-0.39, 0.29) is 34.5 Å². The van der Waals surface area contributed by atoms with Gasteiger partial charge in [-0.2, -0.15) is 0 Å². The monoisotopic (exact) mass is 594 g/mol. The van der Waals surface area contributed by atoms with Gasteiger partial charge in [0.05, 0.1) is 0 Å². The average Bonchev–Trinajstić information content (AvgIpc) is 3.46. The molecule has 0 unspecified atom stereocenters. The van der Waals surface area contributed by atoms with Gasteiger partial charge in [-0.15, -0.1) is 22.7 Å². The first-order chi connectivity index (χ1) is 16.9. The predicted octanol–water partition coefficient (Wildman–Crippen LogP) is 4.28. The van der Waals surface area contributed by atoms with Gasteiger partial charge in [-0.25, -0.2) is 16.8 Å². The van der Waals surface area contributed by atoms with Gasteiger partial charge in [-0.3, -0.25) is 9.59 Å². The molecule has 2 aromatic rings. The fraction of sp³-hybridized carbons (Fsp3) is 0.583. The molecule has 0 aliphatic carbocycles. The van der Waals surface area contributed by atoms with Gasteiger partial charge in [-0.1, -0.05) is 12.1 Å². The molecule has 0 saturated carbocycles. The molecule has 3 heterocycles. The SMILES string of the molecule is CC(C)(C)OC(=O)C1(S(=O)(=O)c2cccs2)CCOCC1.CC(C)(C)OC(=O)CS(=O)(=O)c1cccs1. The van der Waals surface area contributed by atoms with Gasteiger partial charge >= 0.3 is 11.9 Å². The molecule has 2 aromatic heterocycles. The van der Waals surface area contributed by atoms with E-state index in [0.29, 0.717) is 0 Å². The highest BCUT2D eigenvalue weighted by molar-refractivity contribution is 7.95. The standard InChI is InChI=1S/C14H20O5S2.C10H14O4S2/c1-13(2,3)19-12(15)14(6-8-18-9-7-14)21(16,17)11-5-4-10-20-11;1-10(2,3)14-8(11)7-16(12,13)9-5-4-6-15-9/h4-5,10H,6-9H2,1-3H3;4-6H,7H2,1-3H3. The molecule has 0 amide bonds. The van der Waals surface area contributed by atoms with Crippen LogP contribution in [0.4, 0.5) is 0 Å². The van der Waals surface area contributed by atoms with Gasteiger partial charge in [-0.05, 0) is 64.4 Å². The number of ether oxygens (including phenoxy) is 3. The normalized spacial score (nSPS) is 16.3. The van der Waals surface area contributed by atoms with Crippen LogP contribution in [0.5, 0.6) is 0 Å². The molecule has 208 valence electrons. The maximum Gasteiger partial charge on any atom is 0.328 e. The lowest BCUT2D eigenvalue weighted by atomic mass is 9.99.